The molecule has 1 heterocycles. The number of amides is 1. The first kappa shape index (κ1) is 13.2. The molecule has 0 aromatic heterocycles. The highest BCUT2D eigenvalue weighted by molar-refractivity contribution is 7.99. The normalized spacial score (nSPS) is 38.0. The molecular weight excluding hydrogens is 236 g/mol. The molecule has 2 aliphatic rings. The summed E-state index contributed by atoms with van der Waals surface area (Å²) in [4.78, 5) is 12.0. The zero-order valence-electron chi connectivity index (χ0n) is 10.4. The summed E-state index contributed by atoms with van der Waals surface area (Å²) in [6.07, 6.45) is 6.83. The molecule has 5 heteroatoms. The van der Waals surface area contributed by atoms with Crippen molar-refractivity contribution in [3.8, 4) is 0 Å². The number of nitrogens with two attached hydrogens (primary N) is 1. The molecule has 17 heavy (non-hydrogen) atoms. The van der Waals surface area contributed by atoms with Crippen molar-refractivity contribution in [2.24, 2.45) is 11.7 Å². The van der Waals surface area contributed by atoms with Crippen LogP contribution in [0.5, 0.6) is 0 Å². The molecule has 2 rings (SSSR count). The summed E-state index contributed by atoms with van der Waals surface area (Å²) >= 11 is 1.91. The molecule has 0 aromatic carbocycles. The van der Waals surface area contributed by atoms with Crippen LogP contribution in [0.1, 0.15) is 25.7 Å². The van der Waals surface area contributed by atoms with Gasteiger partial charge in [0.15, 0.2) is 0 Å². The monoisotopic (exact) mass is 258 g/mol. The van der Waals surface area contributed by atoms with Gasteiger partial charge in [-0.15, -0.1) is 0 Å². The average Bonchev–Trinajstić information content (AvgIpc) is 2.76. The molecule has 2 fully saturated rings. The summed E-state index contributed by atoms with van der Waals surface area (Å²) in [5.41, 5.74) is 5.85. The van der Waals surface area contributed by atoms with Crippen molar-refractivity contribution >= 4 is 17.7 Å². The van der Waals surface area contributed by atoms with Crippen molar-refractivity contribution in [3.05, 3.63) is 0 Å². The smallest absolute Gasteiger partial charge is 0.227 e. The minimum Gasteiger partial charge on any atom is -0.379 e. The number of hydrogen-bond acceptors (Lipinski definition) is 4. The SMILES string of the molecule is CSC1CCCC(NC(=O)C2COCC2N)C1. The van der Waals surface area contributed by atoms with Crippen molar-refractivity contribution in [2.75, 3.05) is 19.5 Å². The van der Waals surface area contributed by atoms with Gasteiger partial charge >= 0.3 is 0 Å². The van der Waals surface area contributed by atoms with Crippen LogP contribution >= 0.6 is 11.8 Å². The molecule has 98 valence electrons. The second-order valence-corrected chi connectivity index (χ2v) is 6.18. The number of nitrogens with one attached hydrogen (secondary N) is 1. The lowest BCUT2D eigenvalue weighted by Crippen LogP contribution is -2.46. The highest BCUT2D eigenvalue weighted by atomic mass is 32.2. The van der Waals surface area contributed by atoms with Crippen molar-refractivity contribution in [2.45, 2.75) is 43.0 Å². The Labute approximate surface area is 107 Å². The van der Waals surface area contributed by atoms with Crippen LogP contribution in [0.25, 0.3) is 0 Å². The zero-order valence-corrected chi connectivity index (χ0v) is 11.2. The molecule has 1 amide bonds. The Kier molecular flexibility index (Phi) is 4.70. The molecule has 4 atom stereocenters. The summed E-state index contributed by atoms with van der Waals surface area (Å²) in [5, 5.41) is 3.84. The Morgan fingerprint density at radius 2 is 2.24 bits per heavy atom. The number of hydrogen-bond donors (Lipinski definition) is 2. The van der Waals surface area contributed by atoms with Crippen LogP contribution < -0.4 is 11.1 Å². The van der Waals surface area contributed by atoms with Crippen LogP contribution in [-0.4, -0.2) is 42.7 Å². The van der Waals surface area contributed by atoms with Crippen LogP contribution in [0, 0.1) is 5.92 Å². The molecule has 1 saturated carbocycles. The van der Waals surface area contributed by atoms with Crippen molar-refractivity contribution in [1.29, 1.82) is 0 Å². The van der Waals surface area contributed by atoms with E-state index in [9.17, 15) is 4.79 Å². The maximum Gasteiger partial charge on any atom is 0.227 e. The van der Waals surface area contributed by atoms with Gasteiger partial charge < -0.3 is 15.8 Å². The van der Waals surface area contributed by atoms with E-state index >= 15 is 0 Å². The van der Waals surface area contributed by atoms with Crippen molar-refractivity contribution in [1.82, 2.24) is 5.32 Å². The third-order valence-corrected chi connectivity index (χ3v) is 4.86. The number of rotatable bonds is 3. The third-order valence-electron chi connectivity index (χ3n) is 3.77. The minimum atomic E-state index is -0.148. The second-order valence-electron chi connectivity index (χ2n) is 5.04. The quantitative estimate of drug-likeness (QED) is 0.784. The van der Waals surface area contributed by atoms with E-state index < -0.39 is 0 Å². The Morgan fingerprint density at radius 1 is 1.41 bits per heavy atom. The molecule has 0 spiro atoms. The van der Waals surface area contributed by atoms with Gasteiger partial charge in [-0.25, -0.2) is 0 Å². The molecular formula is C12H22N2O2S. The third kappa shape index (κ3) is 3.36. The van der Waals surface area contributed by atoms with E-state index in [0.29, 0.717) is 24.5 Å². The molecule has 4 nitrogen and oxygen atoms in total. The molecule has 0 bridgehead atoms. The summed E-state index contributed by atoms with van der Waals surface area (Å²) in [5.74, 6) is -0.0635. The van der Waals surface area contributed by atoms with Gasteiger partial charge in [0.25, 0.3) is 0 Å². The van der Waals surface area contributed by atoms with E-state index in [2.05, 4.69) is 11.6 Å². The summed E-state index contributed by atoms with van der Waals surface area (Å²) in [6.45, 7) is 0.988. The van der Waals surface area contributed by atoms with E-state index in [1.54, 1.807) is 0 Å². The van der Waals surface area contributed by atoms with E-state index in [0.717, 1.165) is 12.8 Å². The van der Waals surface area contributed by atoms with E-state index in [4.69, 9.17) is 10.5 Å². The van der Waals surface area contributed by atoms with Crippen molar-refractivity contribution < 1.29 is 9.53 Å². The fourth-order valence-corrected chi connectivity index (χ4v) is 3.47. The molecule has 1 saturated heterocycles. The Balaban J connectivity index is 1.81. The summed E-state index contributed by atoms with van der Waals surface area (Å²) in [7, 11) is 0. The fourth-order valence-electron chi connectivity index (χ4n) is 2.64. The lowest BCUT2D eigenvalue weighted by Gasteiger charge is -2.29. The van der Waals surface area contributed by atoms with Gasteiger partial charge in [-0.05, 0) is 25.5 Å². The first-order valence-electron chi connectivity index (χ1n) is 6.37. The van der Waals surface area contributed by atoms with Crippen LogP contribution in [0.2, 0.25) is 0 Å². The maximum atomic E-state index is 12.0. The molecule has 3 N–H and O–H groups in total. The van der Waals surface area contributed by atoms with Gasteiger partial charge in [-0.2, -0.15) is 11.8 Å². The standard InChI is InChI=1S/C12H22N2O2S/c1-17-9-4-2-3-8(5-9)14-12(15)10-6-16-7-11(10)13/h8-11H,2-7,13H2,1H3,(H,14,15). The number of thioether (sulfide) groups is 1. The molecule has 1 aliphatic heterocycles. The first-order chi connectivity index (χ1) is 8.20. The highest BCUT2D eigenvalue weighted by Crippen LogP contribution is 2.27. The number of ether oxygens (including phenoxy) is 1. The van der Waals surface area contributed by atoms with Gasteiger partial charge in [0, 0.05) is 17.3 Å². The van der Waals surface area contributed by atoms with Crippen LogP contribution in [0.4, 0.5) is 0 Å². The van der Waals surface area contributed by atoms with E-state index in [1.165, 1.54) is 12.8 Å². The fraction of sp³-hybridized carbons (Fsp3) is 0.917. The highest BCUT2D eigenvalue weighted by Gasteiger charge is 2.33. The number of carbonyl (C=O) groups is 1. The van der Waals surface area contributed by atoms with Crippen LogP contribution in [0.15, 0.2) is 0 Å². The molecule has 4 unspecified atom stereocenters. The molecule has 0 radical (unpaired) electrons. The van der Waals surface area contributed by atoms with Crippen molar-refractivity contribution in [3.63, 3.8) is 0 Å². The predicted molar refractivity (Wildman–Crippen MR) is 70.0 cm³/mol. The summed E-state index contributed by atoms with van der Waals surface area (Å²) < 4.78 is 5.23. The van der Waals surface area contributed by atoms with Gasteiger partial charge in [0.2, 0.25) is 5.91 Å². The first-order valence-corrected chi connectivity index (χ1v) is 7.66. The number of carbonyl (C=O) groups excluding carboxylic acids is 1. The van der Waals surface area contributed by atoms with Gasteiger partial charge in [-0.1, -0.05) is 6.42 Å². The lowest BCUT2D eigenvalue weighted by atomic mass is 9.94. The minimum absolute atomic E-state index is 0.0850. The largest absolute Gasteiger partial charge is 0.379 e. The van der Waals surface area contributed by atoms with Gasteiger partial charge in [0.1, 0.15) is 0 Å². The summed E-state index contributed by atoms with van der Waals surface area (Å²) in [6, 6.07) is 0.205. The molecule has 1 aliphatic carbocycles. The Hall–Kier alpha value is -0.260. The topological polar surface area (TPSA) is 64.3 Å². The average molecular weight is 258 g/mol. The predicted octanol–water partition coefficient (Wildman–Crippen LogP) is 0.751. The van der Waals surface area contributed by atoms with E-state index in [1.807, 2.05) is 11.8 Å². The maximum absolute atomic E-state index is 12.0. The Morgan fingerprint density at radius 3 is 2.88 bits per heavy atom. The lowest BCUT2D eigenvalue weighted by molar-refractivity contribution is -0.126. The van der Waals surface area contributed by atoms with Crippen LogP contribution in [-0.2, 0) is 9.53 Å². The second kappa shape index (κ2) is 6.07. The van der Waals surface area contributed by atoms with Crippen LogP contribution in [0.3, 0.4) is 0 Å². The van der Waals surface area contributed by atoms with Gasteiger partial charge in [-0.3, -0.25) is 4.79 Å². The Bertz CT molecular complexity index is 275. The zero-order chi connectivity index (χ0) is 12.3. The molecule has 0 aromatic rings. The van der Waals surface area contributed by atoms with E-state index in [-0.39, 0.29) is 17.9 Å². The van der Waals surface area contributed by atoms with Gasteiger partial charge in [0.05, 0.1) is 19.1 Å².